The van der Waals surface area contributed by atoms with Crippen molar-refractivity contribution in [1.82, 2.24) is 5.32 Å². The van der Waals surface area contributed by atoms with Gasteiger partial charge in [-0.25, -0.2) is 0 Å². The van der Waals surface area contributed by atoms with Crippen LogP contribution in [0.15, 0.2) is 0 Å². The molecule has 1 aliphatic heterocycles. The van der Waals surface area contributed by atoms with Gasteiger partial charge in [-0.05, 0) is 13.0 Å². The molecule has 1 aliphatic rings. The van der Waals surface area contributed by atoms with Crippen molar-refractivity contribution in [3.63, 3.8) is 0 Å². The van der Waals surface area contributed by atoms with Crippen molar-refractivity contribution in [3.05, 3.63) is 0 Å². The van der Waals surface area contributed by atoms with Gasteiger partial charge in [0.05, 0.1) is 6.04 Å². The van der Waals surface area contributed by atoms with Gasteiger partial charge in [0, 0.05) is 5.92 Å². The highest BCUT2D eigenvalue weighted by atomic mass is 15.0. The molecule has 1 N–H and O–H groups in total. The van der Waals surface area contributed by atoms with Gasteiger partial charge in [-0.3, -0.25) is 0 Å². The number of hydrogen-bond donors (Lipinski definition) is 1. The summed E-state index contributed by atoms with van der Waals surface area (Å²) < 4.78 is 0. The van der Waals surface area contributed by atoms with E-state index >= 15 is 0 Å². The lowest BCUT2D eigenvalue weighted by Gasteiger charge is -2.21. The highest BCUT2D eigenvalue weighted by Crippen LogP contribution is 1.99. The predicted molar refractivity (Wildman–Crippen MR) is 39.0 cm³/mol. The Morgan fingerprint density at radius 3 is 2.56 bits per heavy atom. The fourth-order valence-electron chi connectivity index (χ4n) is 0.679. The molecule has 1 saturated heterocycles. The zero-order valence-corrected chi connectivity index (χ0v) is 6.07. The van der Waals surface area contributed by atoms with Crippen LogP contribution in [0.25, 0.3) is 0 Å². The number of hydrogen-bond acceptors (Lipinski definition) is 1. The maximum Gasteiger partial charge on any atom is 0.0701 e. The molecule has 9 heavy (non-hydrogen) atoms. The molecular weight excluding hydrogens is 110 g/mol. The predicted octanol–water partition coefficient (Wildman–Crippen LogP) is 1.01. The van der Waals surface area contributed by atoms with Gasteiger partial charge < -0.3 is 5.32 Å². The Kier molecular flexibility index (Phi) is 2.13. The molecule has 1 heteroatoms. The summed E-state index contributed by atoms with van der Waals surface area (Å²) in [6.45, 7) is 5.38. The van der Waals surface area contributed by atoms with Crippen LogP contribution in [-0.2, 0) is 0 Å². The Balaban J connectivity index is 2.23. The molecule has 0 aromatic carbocycles. The molecule has 1 atom stereocenters. The van der Waals surface area contributed by atoms with Gasteiger partial charge in [-0.1, -0.05) is 25.7 Å². The standard InChI is InChI=1S/C8H13N/c1-7(2)3-4-8-5-6-9-8/h7-9H,5-6H2,1-2H3. The fourth-order valence-corrected chi connectivity index (χ4v) is 0.679. The molecule has 0 bridgehead atoms. The van der Waals surface area contributed by atoms with Crippen molar-refractivity contribution in [1.29, 1.82) is 0 Å². The number of rotatable bonds is 0. The van der Waals surface area contributed by atoms with Gasteiger partial charge in [-0.15, -0.1) is 0 Å². The molecule has 1 heterocycles. The largest absolute Gasteiger partial charge is 0.304 e. The second-order valence-electron chi connectivity index (χ2n) is 2.74. The first-order chi connectivity index (χ1) is 4.29. The average Bonchev–Trinajstić information content (AvgIpc) is 1.60. The van der Waals surface area contributed by atoms with Crippen LogP contribution in [0, 0.1) is 17.8 Å². The zero-order valence-electron chi connectivity index (χ0n) is 6.07. The molecule has 0 aromatic rings. The monoisotopic (exact) mass is 123 g/mol. The van der Waals surface area contributed by atoms with Gasteiger partial charge >= 0.3 is 0 Å². The van der Waals surface area contributed by atoms with Crippen LogP contribution in [0.2, 0.25) is 0 Å². The van der Waals surface area contributed by atoms with E-state index in [0.717, 1.165) is 6.54 Å². The molecule has 0 aliphatic carbocycles. The van der Waals surface area contributed by atoms with Gasteiger partial charge in [0.2, 0.25) is 0 Å². The van der Waals surface area contributed by atoms with E-state index in [1.807, 2.05) is 0 Å². The Labute approximate surface area is 56.8 Å². The molecule has 0 spiro atoms. The fraction of sp³-hybridized carbons (Fsp3) is 0.750. The lowest BCUT2D eigenvalue weighted by molar-refractivity contribution is 0.448. The Bertz CT molecular complexity index is 134. The van der Waals surface area contributed by atoms with Crippen molar-refractivity contribution in [3.8, 4) is 11.8 Å². The quantitative estimate of drug-likeness (QED) is 0.474. The van der Waals surface area contributed by atoms with E-state index in [2.05, 4.69) is 31.0 Å². The maximum atomic E-state index is 3.23. The molecule has 0 aromatic heterocycles. The van der Waals surface area contributed by atoms with Crippen LogP contribution in [0.4, 0.5) is 0 Å². The summed E-state index contributed by atoms with van der Waals surface area (Å²) in [7, 11) is 0. The first-order valence-electron chi connectivity index (χ1n) is 3.53. The summed E-state index contributed by atoms with van der Waals surface area (Å²) in [6.07, 6.45) is 1.24. The molecule has 1 unspecified atom stereocenters. The van der Waals surface area contributed by atoms with E-state index in [1.165, 1.54) is 6.42 Å². The van der Waals surface area contributed by atoms with E-state index in [9.17, 15) is 0 Å². The molecule has 0 saturated carbocycles. The van der Waals surface area contributed by atoms with E-state index < -0.39 is 0 Å². The second kappa shape index (κ2) is 2.89. The van der Waals surface area contributed by atoms with Crippen LogP contribution in [0.1, 0.15) is 20.3 Å². The van der Waals surface area contributed by atoms with Crippen molar-refractivity contribution in [2.75, 3.05) is 6.54 Å². The van der Waals surface area contributed by atoms with Gasteiger partial charge in [0.25, 0.3) is 0 Å². The third kappa shape index (κ3) is 2.07. The van der Waals surface area contributed by atoms with Crippen LogP contribution in [-0.4, -0.2) is 12.6 Å². The van der Waals surface area contributed by atoms with E-state index in [-0.39, 0.29) is 0 Å². The zero-order chi connectivity index (χ0) is 6.69. The minimum atomic E-state index is 0.507. The van der Waals surface area contributed by atoms with Crippen LogP contribution >= 0.6 is 0 Å². The summed E-state index contributed by atoms with van der Waals surface area (Å²) in [6, 6.07) is 0.507. The molecule has 1 fully saturated rings. The molecule has 1 rings (SSSR count). The number of nitrogens with one attached hydrogen (secondary N) is 1. The van der Waals surface area contributed by atoms with Crippen LogP contribution in [0.5, 0.6) is 0 Å². The van der Waals surface area contributed by atoms with Crippen molar-refractivity contribution in [2.45, 2.75) is 26.3 Å². The van der Waals surface area contributed by atoms with Crippen molar-refractivity contribution in [2.24, 2.45) is 5.92 Å². The summed E-state index contributed by atoms with van der Waals surface area (Å²) in [4.78, 5) is 0. The van der Waals surface area contributed by atoms with Gasteiger partial charge in [-0.2, -0.15) is 0 Å². The summed E-state index contributed by atoms with van der Waals surface area (Å²) >= 11 is 0. The molecule has 50 valence electrons. The third-order valence-corrected chi connectivity index (χ3v) is 1.37. The van der Waals surface area contributed by atoms with Gasteiger partial charge in [0.1, 0.15) is 0 Å². The van der Waals surface area contributed by atoms with E-state index in [0.29, 0.717) is 12.0 Å². The van der Waals surface area contributed by atoms with Crippen LogP contribution in [0.3, 0.4) is 0 Å². The topological polar surface area (TPSA) is 12.0 Å². The van der Waals surface area contributed by atoms with Crippen molar-refractivity contribution >= 4 is 0 Å². The highest BCUT2D eigenvalue weighted by molar-refractivity contribution is 5.12. The Morgan fingerprint density at radius 1 is 1.56 bits per heavy atom. The first-order valence-corrected chi connectivity index (χ1v) is 3.53. The normalized spacial score (nSPS) is 24.6. The summed E-state index contributed by atoms with van der Waals surface area (Å²) in [5, 5.41) is 3.23. The molecule has 1 nitrogen and oxygen atoms in total. The molecule has 0 radical (unpaired) electrons. The molecular formula is C8H13N. The van der Waals surface area contributed by atoms with E-state index in [4.69, 9.17) is 0 Å². The average molecular weight is 123 g/mol. The van der Waals surface area contributed by atoms with Crippen molar-refractivity contribution < 1.29 is 0 Å². The van der Waals surface area contributed by atoms with E-state index in [1.54, 1.807) is 0 Å². The van der Waals surface area contributed by atoms with Gasteiger partial charge in [0.15, 0.2) is 0 Å². The molecule has 0 amide bonds. The smallest absolute Gasteiger partial charge is 0.0701 e. The SMILES string of the molecule is CC(C)C#CC1CCN1. The summed E-state index contributed by atoms with van der Waals surface area (Å²) in [5.41, 5.74) is 0. The summed E-state index contributed by atoms with van der Waals surface area (Å²) in [5.74, 6) is 6.81. The second-order valence-corrected chi connectivity index (χ2v) is 2.74. The lowest BCUT2D eigenvalue weighted by atomic mass is 10.1. The Hall–Kier alpha value is -0.480. The first kappa shape index (κ1) is 6.64. The lowest BCUT2D eigenvalue weighted by Crippen LogP contribution is -2.41. The minimum Gasteiger partial charge on any atom is -0.304 e. The minimum absolute atomic E-state index is 0.507. The highest BCUT2D eigenvalue weighted by Gasteiger charge is 2.11. The third-order valence-electron chi connectivity index (χ3n) is 1.37. The van der Waals surface area contributed by atoms with Crippen LogP contribution < -0.4 is 5.32 Å². The Morgan fingerprint density at radius 2 is 2.22 bits per heavy atom. The maximum absolute atomic E-state index is 3.23.